The molecule has 1 N–H and O–H groups in total. The number of hydrogen-bond acceptors (Lipinski definition) is 1. The van der Waals surface area contributed by atoms with Crippen molar-refractivity contribution in [2.24, 2.45) is 0 Å². The fraction of sp³-hybridized carbons (Fsp3) is 0.333. The van der Waals surface area contributed by atoms with Crippen LogP contribution in [0.3, 0.4) is 0 Å². The van der Waals surface area contributed by atoms with Crippen LogP contribution in [0.5, 0.6) is 0 Å². The molecule has 0 aliphatic heterocycles. The molecule has 0 heterocycles. The van der Waals surface area contributed by atoms with E-state index in [0.717, 1.165) is 5.09 Å². The van der Waals surface area contributed by atoms with Gasteiger partial charge in [-0.3, -0.25) is 0 Å². The normalized spacial score (nSPS) is 8.36. The van der Waals surface area contributed by atoms with Gasteiger partial charge in [-0.1, -0.05) is 0 Å². The molecule has 0 amide bonds. The van der Waals surface area contributed by atoms with Crippen LogP contribution in [0.4, 0.5) is 0 Å². The Bertz CT molecular complexity index is 162. The fourth-order valence-electron chi connectivity index (χ4n) is 0.714. The number of nitrogens with one attached hydrogen (secondary N) is 1. The Morgan fingerprint density at radius 2 is 1.64 bits per heavy atom. The van der Waals surface area contributed by atoms with Crippen molar-refractivity contribution in [1.82, 2.24) is 5.32 Å². The average Bonchev–Trinajstić information content (AvgIpc) is 2.08. The van der Waals surface area contributed by atoms with E-state index in [1.807, 2.05) is 20.2 Å². The minimum atomic E-state index is 1.14. The van der Waals surface area contributed by atoms with Crippen LogP contribution in [-0.2, 0) is 5.09 Å². The van der Waals surface area contributed by atoms with Gasteiger partial charge >= 0.3 is 58.7 Å². The minimum absolute atomic E-state index is 1.14. The Morgan fingerprint density at radius 1 is 1.18 bits per heavy atom. The first-order valence-electron chi connectivity index (χ1n) is 3.97. The van der Waals surface area contributed by atoms with E-state index >= 15 is 0 Å². The first-order chi connectivity index (χ1) is 5.35. The average molecular weight is 143 g/mol. The Labute approximate surface area is 78.4 Å². The standard InChI is InChI=1S/C7H7.C2H7N.Li/c1-7-5-3-2-4-6-7;1-3-2;/h2-6H,1H2;3H,1-2H3;. The van der Waals surface area contributed by atoms with Gasteiger partial charge in [-0.25, -0.2) is 0 Å². The second-order valence-electron chi connectivity index (χ2n) is 2.34. The molecule has 0 bridgehead atoms. The van der Waals surface area contributed by atoms with Gasteiger partial charge in [0, 0.05) is 0 Å². The Kier molecular flexibility index (Phi) is 7.72. The monoisotopic (exact) mass is 143 g/mol. The van der Waals surface area contributed by atoms with Crippen molar-refractivity contribution in [3.63, 3.8) is 0 Å². The SMILES string of the molecule is CNC.[Li][CH2]c1ccccc1. The molecule has 0 radical (unpaired) electrons. The summed E-state index contributed by atoms with van der Waals surface area (Å²) in [6, 6.07) is 10.5. The molecule has 56 valence electrons. The molecule has 11 heavy (non-hydrogen) atoms. The molecule has 0 aliphatic rings. The third kappa shape index (κ3) is 6.19. The van der Waals surface area contributed by atoms with Gasteiger partial charge in [-0.15, -0.1) is 0 Å². The summed E-state index contributed by atoms with van der Waals surface area (Å²) >= 11 is 2.16. The Morgan fingerprint density at radius 3 is 1.91 bits per heavy atom. The van der Waals surface area contributed by atoms with Crippen LogP contribution in [0.1, 0.15) is 5.56 Å². The van der Waals surface area contributed by atoms with Gasteiger partial charge in [-0.05, 0) is 14.1 Å². The van der Waals surface area contributed by atoms with Crippen molar-refractivity contribution in [3.8, 4) is 0 Å². The number of benzene rings is 1. The van der Waals surface area contributed by atoms with E-state index in [4.69, 9.17) is 0 Å². The summed E-state index contributed by atoms with van der Waals surface area (Å²) in [5, 5.41) is 3.89. The molecular weight excluding hydrogens is 129 g/mol. The van der Waals surface area contributed by atoms with Crippen molar-refractivity contribution in [1.29, 1.82) is 0 Å². The molecule has 0 aromatic heterocycles. The van der Waals surface area contributed by atoms with Crippen LogP contribution in [0.2, 0.25) is 0 Å². The Balaban J connectivity index is 0.000000292. The van der Waals surface area contributed by atoms with Crippen LogP contribution in [0.15, 0.2) is 30.3 Å². The van der Waals surface area contributed by atoms with E-state index in [-0.39, 0.29) is 0 Å². The third-order valence-electron chi connectivity index (χ3n) is 1.25. The topological polar surface area (TPSA) is 12.0 Å². The zero-order valence-corrected chi connectivity index (χ0v) is 7.59. The van der Waals surface area contributed by atoms with E-state index in [1.165, 1.54) is 5.56 Å². The van der Waals surface area contributed by atoms with Gasteiger partial charge in [0.05, 0.1) is 0 Å². The molecule has 1 rings (SSSR count). The van der Waals surface area contributed by atoms with Crippen molar-refractivity contribution >= 4 is 17.7 Å². The first kappa shape index (κ1) is 10.8. The van der Waals surface area contributed by atoms with Gasteiger partial charge in [0.25, 0.3) is 0 Å². The van der Waals surface area contributed by atoms with E-state index < -0.39 is 0 Å². The predicted octanol–water partition coefficient (Wildman–Crippen LogP) is 1.19. The molecule has 0 spiro atoms. The maximum atomic E-state index is 2.75. The van der Waals surface area contributed by atoms with E-state index in [9.17, 15) is 0 Å². The third-order valence-corrected chi connectivity index (χ3v) is 1.25. The molecule has 0 aliphatic carbocycles. The van der Waals surface area contributed by atoms with Crippen LogP contribution in [0.25, 0.3) is 0 Å². The van der Waals surface area contributed by atoms with E-state index in [2.05, 4.69) is 47.3 Å². The summed E-state index contributed by atoms with van der Waals surface area (Å²) in [6.45, 7) is 0. The quantitative estimate of drug-likeness (QED) is 0.582. The van der Waals surface area contributed by atoms with Crippen LogP contribution in [-0.4, -0.2) is 31.8 Å². The zero-order chi connectivity index (χ0) is 8.53. The van der Waals surface area contributed by atoms with Gasteiger partial charge in [0.15, 0.2) is 0 Å². The summed E-state index contributed by atoms with van der Waals surface area (Å²) in [5.74, 6) is 0. The first-order valence-corrected chi connectivity index (χ1v) is 3.97. The summed E-state index contributed by atoms with van der Waals surface area (Å²) in [5.41, 5.74) is 1.41. The summed E-state index contributed by atoms with van der Waals surface area (Å²) in [4.78, 5) is 0. The maximum absolute atomic E-state index is 2.75. The molecule has 0 fully saturated rings. The molecule has 1 nitrogen and oxygen atoms in total. The zero-order valence-electron chi connectivity index (χ0n) is 7.59. The van der Waals surface area contributed by atoms with Crippen LogP contribution in [0, 0.1) is 0 Å². The van der Waals surface area contributed by atoms with Gasteiger partial charge in [0.2, 0.25) is 0 Å². The van der Waals surface area contributed by atoms with Crippen LogP contribution >= 0.6 is 0 Å². The fourth-order valence-corrected chi connectivity index (χ4v) is 0.714. The second-order valence-corrected chi connectivity index (χ2v) is 2.34. The van der Waals surface area contributed by atoms with Crippen molar-refractivity contribution < 1.29 is 0 Å². The van der Waals surface area contributed by atoms with Crippen molar-refractivity contribution in [3.05, 3.63) is 35.9 Å². The van der Waals surface area contributed by atoms with Gasteiger partial charge < -0.3 is 5.32 Å². The van der Waals surface area contributed by atoms with Gasteiger partial charge in [-0.2, -0.15) is 0 Å². The Hall–Kier alpha value is -0.223. The second kappa shape index (κ2) is 7.88. The van der Waals surface area contributed by atoms with Gasteiger partial charge in [0.1, 0.15) is 0 Å². The summed E-state index contributed by atoms with van der Waals surface area (Å²) < 4.78 is 0. The molecular formula is C9H14LiN. The van der Waals surface area contributed by atoms with Crippen molar-refractivity contribution in [2.45, 2.75) is 5.09 Å². The van der Waals surface area contributed by atoms with E-state index in [1.54, 1.807) is 0 Å². The summed E-state index contributed by atoms with van der Waals surface area (Å²) in [7, 11) is 3.75. The molecule has 0 atom stereocenters. The van der Waals surface area contributed by atoms with Crippen molar-refractivity contribution in [2.75, 3.05) is 14.1 Å². The predicted molar refractivity (Wildman–Crippen MR) is 50.9 cm³/mol. The molecule has 0 saturated carbocycles. The van der Waals surface area contributed by atoms with E-state index in [0.29, 0.717) is 0 Å². The number of hydrogen-bond donors (Lipinski definition) is 1. The molecule has 2 heteroatoms. The number of rotatable bonds is 1. The molecule has 0 unspecified atom stereocenters. The van der Waals surface area contributed by atoms with Crippen LogP contribution < -0.4 is 5.32 Å². The molecule has 1 aromatic rings. The molecule has 0 saturated heterocycles. The molecule has 1 aromatic carbocycles. The summed E-state index contributed by atoms with van der Waals surface area (Å²) in [6.07, 6.45) is 0.